The van der Waals surface area contributed by atoms with E-state index < -0.39 is 28.5 Å². The molecule has 2 aromatic carbocycles. The van der Waals surface area contributed by atoms with E-state index >= 15 is 0 Å². The summed E-state index contributed by atoms with van der Waals surface area (Å²) >= 11 is 0. The van der Waals surface area contributed by atoms with Crippen LogP contribution in [0.4, 0.5) is 5.69 Å². The highest BCUT2D eigenvalue weighted by atomic mass is 32.2. The molecule has 0 aromatic heterocycles. The molecule has 1 unspecified atom stereocenters. The molecule has 2 amide bonds. The van der Waals surface area contributed by atoms with Crippen LogP contribution in [0.1, 0.15) is 32.8 Å². The summed E-state index contributed by atoms with van der Waals surface area (Å²) in [6.45, 7) is 5.23. The molecule has 36 heavy (non-hydrogen) atoms. The Bertz CT molecular complexity index is 1170. The zero-order valence-corrected chi connectivity index (χ0v) is 21.8. The first-order valence-corrected chi connectivity index (χ1v) is 13.4. The molecule has 0 aliphatic carbocycles. The van der Waals surface area contributed by atoms with Gasteiger partial charge in [0.15, 0.2) is 11.5 Å². The third kappa shape index (κ3) is 6.20. The Kier molecular flexibility index (Phi) is 9.03. The van der Waals surface area contributed by atoms with Crippen molar-refractivity contribution in [3.05, 3.63) is 48.0 Å². The van der Waals surface area contributed by atoms with Gasteiger partial charge in [-0.1, -0.05) is 19.1 Å². The van der Waals surface area contributed by atoms with E-state index in [-0.39, 0.29) is 30.7 Å². The van der Waals surface area contributed by atoms with Crippen molar-refractivity contribution in [1.29, 1.82) is 0 Å². The van der Waals surface area contributed by atoms with Crippen LogP contribution in [0.2, 0.25) is 0 Å². The zero-order chi connectivity index (χ0) is 26.3. The fourth-order valence-corrected chi connectivity index (χ4v) is 4.95. The van der Waals surface area contributed by atoms with E-state index in [1.165, 1.54) is 17.9 Å². The van der Waals surface area contributed by atoms with E-state index in [4.69, 9.17) is 14.2 Å². The molecule has 1 heterocycles. The maximum absolute atomic E-state index is 13.7. The van der Waals surface area contributed by atoms with E-state index in [2.05, 4.69) is 5.32 Å². The summed E-state index contributed by atoms with van der Waals surface area (Å²) < 4.78 is 43.1. The number of amides is 2. The Morgan fingerprint density at radius 2 is 1.75 bits per heavy atom. The fourth-order valence-electron chi connectivity index (χ4n) is 3.90. The van der Waals surface area contributed by atoms with Crippen molar-refractivity contribution < 1.29 is 32.2 Å². The first-order valence-electron chi connectivity index (χ1n) is 11.8. The van der Waals surface area contributed by atoms with Gasteiger partial charge in [-0.25, -0.2) is 8.42 Å². The Balaban J connectivity index is 1.96. The third-order valence-electron chi connectivity index (χ3n) is 5.87. The van der Waals surface area contributed by atoms with Crippen LogP contribution >= 0.6 is 0 Å². The molecule has 0 bridgehead atoms. The lowest BCUT2D eigenvalue weighted by atomic mass is 10.1. The first-order chi connectivity index (χ1) is 17.2. The van der Waals surface area contributed by atoms with Gasteiger partial charge >= 0.3 is 0 Å². The number of carbonyl (C=O) groups is 2. The van der Waals surface area contributed by atoms with Crippen LogP contribution in [0.25, 0.3) is 0 Å². The molecule has 3 rings (SSSR count). The normalized spacial score (nSPS) is 13.1. The molecule has 1 aliphatic rings. The zero-order valence-electron chi connectivity index (χ0n) is 21.0. The Hall–Kier alpha value is -3.47. The van der Waals surface area contributed by atoms with Gasteiger partial charge in [0.2, 0.25) is 28.6 Å². The van der Waals surface area contributed by atoms with Crippen molar-refractivity contribution in [1.82, 2.24) is 10.2 Å². The smallest absolute Gasteiger partial charge is 0.244 e. The maximum Gasteiger partial charge on any atom is 0.244 e. The molecule has 10 nitrogen and oxygen atoms in total. The van der Waals surface area contributed by atoms with Gasteiger partial charge in [0.05, 0.1) is 18.6 Å². The van der Waals surface area contributed by atoms with Crippen LogP contribution in [-0.2, 0) is 26.2 Å². The van der Waals surface area contributed by atoms with Crippen molar-refractivity contribution in [3.8, 4) is 17.2 Å². The maximum atomic E-state index is 13.7. The van der Waals surface area contributed by atoms with Crippen molar-refractivity contribution in [2.24, 2.45) is 0 Å². The molecular formula is C25H33N3O7S. The van der Waals surface area contributed by atoms with E-state index in [1.54, 1.807) is 38.3 Å². The number of nitrogens with zero attached hydrogens (tertiary/aromatic N) is 2. The lowest BCUT2D eigenvalue weighted by Crippen LogP contribution is -2.52. The van der Waals surface area contributed by atoms with Gasteiger partial charge in [-0.3, -0.25) is 13.9 Å². The Labute approximate surface area is 212 Å². The lowest BCUT2D eigenvalue weighted by molar-refractivity contribution is -0.140. The minimum Gasteiger partial charge on any atom is -0.497 e. The fraction of sp³-hybridized carbons (Fsp3) is 0.440. The number of anilines is 1. The van der Waals surface area contributed by atoms with Crippen molar-refractivity contribution >= 4 is 27.5 Å². The van der Waals surface area contributed by atoms with Crippen LogP contribution in [-0.4, -0.2) is 63.9 Å². The number of sulfonamides is 1. The molecule has 2 aromatic rings. The number of methoxy groups -OCH3 is 1. The average Bonchev–Trinajstić information content (AvgIpc) is 3.35. The predicted molar refractivity (Wildman–Crippen MR) is 136 cm³/mol. The van der Waals surface area contributed by atoms with E-state index in [0.717, 1.165) is 9.87 Å². The second kappa shape index (κ2) is 12.0. The molecule has 11 heteroatoms. The highest BCUT2D eigenvalue weighted by Gasteiger charge is 2.32. The number of likely N-dealkylation sites (N-methyl/N-ethyl adjacent to an activating group) is 1. The molecule has 1 atom stereocenters. The molecule has 1 aliphatic heterocycles. The topological polar surface area (TPSA) is 114 Å². The second-order valence-corrected chi connectivity index (χ2v) is 10.3. The van der Waals surface area contributed by atoms with Gasteiger partial charge in [0.1, 0.15) is 18.3 Å². The van der Waals surface area contributed by atoms with E-state index in [9.17, 15) is 18.0 Å². The number of nitrogens with one attached hydrogen (secondary N) is 1. The minimum atomic E-state index is -3.83. The highest BCUT2D eigenvalue weighted by Crippen LogP contribution is 2.36. The number of benzene rings is 2. The number of fused-ring (bicyclic) bond motifs is 1. The Morgan fingerprint density at radius 3 is 2.36 bits per heavy atom. The van der Waals surface area contributed by atoms with Gasteiger partial charge in [-0.05, 0) is 50.1 Å². The lowest BCUT2D eigenvalue weighted by Gasteiger charge is -2.33. The third-order valence-corrected chi connectivity index (χ3v) is 7.61. The van der Waals surface area contributed by atoms with Gasteiger partial charge < -0.3 is 24.4 Å². The van der Waals surface area contributed by atoms with Crippen LogP contribution in [0.5, 0.6) is 17.2 Å². The van der Waals surface area contributed by atoms with Crippen molar-refractivity contribution in [2.45, 2.75) is 39.8 Å². The van der Waals surface area contributed by atoms with Crippen molar-refractivity contribution in [2.75, 3.05) is 37.1 Å². The van der Waals surface area contributed by atoms with Crippen LogP contribution in [0, 0.1) is 0 Å². The number of hydrogen-bond donors (Lipinski definition) is 1. The number of carbonyl (C=O) groups excluding carboxylic acids is 2. The molecule has 196 valence electrons. The van der Waals surface area contributed by atoms with Gasteiger partial charge in [-0.2, -0.15) is 0 Å². The molecule has 0 spiro atoms. The summed E-state index contributed by atoms with van der Waals surface area (Å²) in [5.41, 5.74) is 1.06. The summed E-state index contributed by atoms with van der Waals surface area (Å²) in [5.74, 6) is 0.562. The van der Waals surface area contributed by atoms with E-state index in [1.807, 2.05) is 19.1 Å². The monoisotopic (exact) mass is 519 g/mol. The summed E-state index contributed by atoms with van der Waals surface area (Å²) in [7, 11) is -2.27. The SMILES string of the molecule is CCNC(=O)C(CC)N(Cc1ccc(OC)cc1)C(=O)CN(c1ccc2c(c1)OCO2)S(=O)(=O)CC. The standard InChI is InChI=1S/C25H33N3O7S/c1-5-21(25(30)26-6-2)27(15-18-8-11-20(33-4)12-9-18)24(29)16-28(36(31,32)7-3)19-10-13-22-23(14-19)35-17-34-22/h8-14,21H,5-7,15-17H2,1-4H3,(H,26,30). The molecule has 0 saturated heterocycles. The van der Waals surface area contributed by atoms with Crippen molar-refractivity contribution in [3.63, 3.8) is 0 Å². The molecule has 1 N–H and O–H groups in total. The number of rotatable bonds is 12. The van der Waals surface area contributed by atoms with Crippen LogP contribution in [0.3, 0.4) is 0 Å². The largest absolute Gasteiger partial charge is 0.497 e. The predicted octanol–water partition coefficient (Wildman–Crippen LogP) is 2.52. The van der Waals surface area contributed by atoms with Crippen LogP contribution < -0.4 is 23.8 Å². The Morgan fingerprint density at radius 1 is 1.06 bits per heavy atom. The first kappa shape index (κ1) is 27.1. The second-order valence-electron chi connectivity index (χ2n) is 8.13. The van der Waals surface area contributed by atoms with Gasteiger partial charge in [-0.15, -0.1) is 0 Å². The molecular weight excluding hydrogens is 486 g/mol. The summed E-state index contributed by atoms with van der Waals surface area (Å²) in [6, 6.07) is 11.1. The minimum absolute atomic E-state index is 0.0403. The summed E-state index contributed by atoms with van der Waals surface area (Å²) in [5, 5.41) is 2.78. The molecule has 0 fully saturated rings. The summed E-state index contributed by atoms with van der Waals surface area (Å²) in [6.07, 6.45) is 0.359. The molecule has 0 saturated carbocycles. The van der Waals surface area contributed by atoms with Gasteiger partial charge in [0.25, 0.3) is 0 Å². The quantitative estimate of drug-likeness (QED) is 0.458. The molecule has 0 radical (unpaired) electrons. The summed E-state index contributed by atoms with van der Waals surface area (Å²) in [4.78, 5) is 28.0. The van der Waals surface area contributed by atoms with E-state index in [0.29, 0.717) is 30.2 Å². The number of ether oxygens (including phenoxy) is 3. The highest BCUT2D eigenvalue weighted by molar-refractivity contribution is 7.92. The number of hydrogen-bond acceptors (Lipinski definition) is 7. The van der Waals surface area contributed by atoms with Gasteiger partial charge in [0, 0.05) is 19.2 Å². The average molecular weight is 520 g/mol. The van der Waals surface area contributed by atoms with Crippen LogP contribution in [0.15, 0.2) is 42.5 Å².